The number of H-pyrrole nitrogens is 1. The molecule has 0 spiro atoms. The molecule has 19 heavy (non-hydrogen) atoms. The van der Waals surface area contributed by atoms with Crippen LogP contribution in [0.5, 0.6) is 5.75 Å². The summed E-state index contributed by atoms with van der Waals surface area (Å²) in [5.41, 5.74) is 0.809. The van der Waals surface area contributed by atoms with Crippen molar-refractivity contribution < 1.29 is 9.53 Å². The number of methoxy groups -OCH3 is 1. The van der Waals surface area contributed by atoms with Gasteiger partial charge in [-0.2, -0.15) is 0 Å². The van der Waals surface area contributed by atoms with Gasteiger partial charge in [-0.25, -0.2) is 0 Å². The molecule has 98 valence electrons. The highest BCUT2D eigenvalue weighted by Crippen LogP contribution is 2.16. The SMILES string of the molecule is COc1ccccc1CNC(=O)c1cccc(=O)[nH]1. The summed E-state index contributed by atoms with van der Waals surface area (Å²) in [6.45, 7) is 0.333. The van der Waals surface area contributed by atoms with Crippen LogP contribution in [0.15, 0.2) is 47.3 Å². The van der Waals surface area contributed by atoms with Crippen LogP contribution in [-0.2, 0) is 6.54 Å². The number of carbonyl (C=O) groups is 1. The Labute approximate surface area is 110 Å². The molecule has 0 unspecified atom stereocenters. The Morgan fingerprint density at radius 1 is 1.21 bits per heavy atom. The molecule has 0 radical (unpaired) electrons. The molecule has 0 atom stereocenters. The minimum absolute atomic E-state index is 0.238. The molecule has 0 aliphatic carbocycles. The summed E-state index contributed by atoms with van der Waals surface area (Å²) in [5, 5.41) is 2.73. The second-order valence-corrected chi connectivity index (χ2v) is 3.92. The molecule has 5 heteroatoms. The monoisotopic (exact) mass is 258 g/mol. The van der Waals surface area contributed by atoms with Gasteiger partial charge < -0.3 is 15.0 Å². The van der Waals surface area contributed by atoms with Crippen LogP contribution in [-0.4, -0.2) is 18.0 Å². The highest BCUT2D eigenvalue weighted by Gasteiger charge is 2.07. The summed E-state index contributed by atoms with van der Waals surface area (Å²) in [7, 11) is 1.58. The maximum atomic E-state index is 11.8. The predicted octanol–water partition coefficient (Wildman–Crippen LogP) is 1.31. The fraction of sp³-hybridized carbons (Fsp3) is 0.143. The predicted molar refractivity (Wildman–Crippen MR) is 71.2 cm³/mol. The largest absolute Gasteiger partial charge is 0.496 e. The normalized spacial score (nSPS) is 9.95. The molecule has 2 N–H and O–H groups in total. The van der Waals surface area contributed by atoms with Crippen molar-refractivity contribution in [2.45, 2.75) is 6.54 Å². The first-order valence-corrected chi connectivity index (χ1v) is 5.80. The van der Waals surface area contributed by atoms with Crippen molar-refractivity contribution in [3.8, 4) is 5.75 Å². The van der Waals surface area contributed by atoms with E-state index >= 15 is 0 Å². The molecule has 0 fully saturated rings. The van der Waals surface area contributed by atoms with Crippen LogP contribution in [0, 0.1) is 0 Å². The molecule has 0 saturated carbocycles. The first kappa shape index (κ1) is 12.9. The van der Waals surface area contributed by atoms with Gasteiger partial charge in [0.15, 0.2) is 0 Å². The van der Waals surface area contributed by atoms with Crippen LogP contribution in [0.1, 0.15) is 16.1 Å². The lowest BCUT2D eigenvalue weighted by Gasteiger charge is -2.09. The Morgan fingerprint density at radius 2 is 2.00 bits per heavy atom. The number of carbonyl (C=O) groups excluding carboxylic acids is 1. The summed E-state index contributed by atoms with van der Waals surface area (Å²) >= 11 is 0. The molecule has 1 heterocycles. The van der Waals surface area contributed by atoms with Crippen LogP contribution in [0.25, 0.3) is 0 Å². The number of aromatic amines is 1. The highest BCUT2D eigenvalue weighted by atomic mass is 16.5. The van der Waals surface area contributed by atoms with Crippen molar-refractivity contribution >= 4 is 5.91 Å². The Morgan fingerprint density at radius 3 is 2.74 bits per heavy atom. The van der Waals surface area contributed by atoms with E-state index in [1.165, 1.54) is 12.1 Å². The highest BCUT2D eigenvalue weighted by molar-refractivity contribution is 5.92. The van der Waals surface area contributed by atoms with Gasteiger partial charge in [0.1, 0.15) is 11.4 Å². The van der Waals surface area contributed by atoms with Crippen LogP contribution in [0.3, 0.4) is 0 Å². The molecule has 1 aromatic heterocycles. The number of pyridine rings is 1. The lowest BCUT2D eigenvalue weighted by atomic mass is 10.2. The van der Waals surface area contributed by atoms with E-state index in [2.05, 4.69) is 10.3 Å². The smallest absolute Gasteiger partial charge is 0.268 e. The number of ether oxygens (including phenoxy) is 1. The van der Waals surface area contributed by atoms with Crippen LogP contribution >= 0.6 is 0 Å². The van der Waals surface area contributed by atoms with Crippen molar-refractivity contribution in [2.75, 3.05) is 7.11 Å². The third-order valence-corrected chi connectivity index (χ3v) is 2.64. The third kappa shape index (κ3) is 3.22. The van der Waals surface area contributed by atoms with Gasteiger partial charge >= 0.3 is 0 Å². The number of hydrogen-bond acceptors (Lipinski definition) is 3. The second kappa shape index (κ2) is 5.86. The number of amides is 1. The summed E-state index contributed by atoms with van der Waals surface area (Å²) in [6, 6.07) is 11.9. The summed E-state index contributed by atoms with van der Waals surface area (Å²) in [5.74, 6) is 0.382. The van der Waals surface area contributed by atoms with Crippen LogP contribution in [0.2, 0.25) is 0 Å². The van der Waals surface area contributed by atoms with E-state index in [-0.39, 0.29) is 17.2 Å². The average Bonchev–Trinajstić information content (AvgIpc) is 2.45. The number of hydrogen-bond donors (Lipinski definition) is 2. The standard InChI is InChI=1S/C14H14N2O3/c1-19-12-7-3-2-5-10(12)9-15-14(18)11-6-4-8-13(17)16-11/h2-8H,9H2,1H3,(H,15,18)(H,16,17). The van der Waals surface area contributed by atoms with Crippen molar-refractivity contribution in [3.63, 3.8) is 0 Å². The molecule has 2 aromatic rings. The van der Waals surface area contributed by atoms with Gasteiger partial charge in [-0.05, 0) is 12.1 Å². The Bertz CT molecular complexity index is 634. The fourth-order valence-electron chi connectivity index (χ4n) is 1.70. The quantitative estimate of drug-likeness (QED) is 0.868. The lowest BCUT2D eigenvalue weighted by Crippen LogP contribution is -2.25. The molecular weight excluding hydrogens is 244 g/mol. The zero-order chi connectivity index (χ0) is 13.7. The number of rotatable bonds is 4. The molecule has 0 aliphatic heterocycles. The van der Waals surface area contributed by atoms with Gasteiger partial charge in [0.2, 0.25) is 5.56 Å². The lowest BCUT2D eigenvalue weighted by molar-refractivity contribution is 0.0945. The molecule has 5 nitrogen and oxygen atoms in total. The molecule has 0 aliphatic rings. The van der Waals surface area contributed by atoms with Crippen molar-refractivity contribution in [3.05, 3.63) is 64.1 Å². The van der Waals surface area contributed by atoms with Crippen molar-refractivity contribution in [1.82, 2.24) is 10.3 Å². The number of para-hydroxylation sites is 1. The third-order valence-electron chi connectivity index (χ3n) is 2.64. The van der Waals surface area contributed by atoms with Gasteiger partial charge in [-0.15, -0.1) is 0 Å². The molecular formula is C14H14N2O3. The molecule has 0 saturated heterocycles. The molecule has 2 rings (SSSR count). The van der Waals surface area contributed by atoms with E-state index in [0.29, 0.717) is 12.3 Å². The Hall–Kier alpha value is -2.56. The summed E-state index contributed by atoms with van der Waals surface area (Å²) in [4.78, 5) is 25.4. The first-order valence-electron chi connectivity index (χ1n) is 5.80. The van der Waals surface area contributed by atoms with Crippen molar-refractivity contribution in [2.24, 2.45) is 0 Å². The fourth-order valence-corrected chi connectivity index (χ4v) is 1.70. The number of benzene rings is 1. The topological polar surface area (TPSA) is 71.2 Å². The van der Waals surface area contributed by atoms with E-state index in [0.717, 1.165) is 5.56 Å². The molecule has 1 aromatic carbocycles. The number of nitrogens with one attached hydrogen (secondary N) is 2. The minimum atomic E-state index is -0.330. The van der Waals surface area contributed by atoms with Gasteiger partial charge in [-0.3, -0.25) is 9.59 Å². The Kier molecular flexibility index (Phi) is 3.97. The van der Waals surface area contributed by atoms with Gasteiger partial charge in [-0.1, -0.05) is 24.3 Å². The first-order chi connectivity index (χ1) is 9.20. The second-order valence-electron chi connectivity index (χ2n) is 3.92. The van der Waals surface area contributed by atoms with E-state index in [4.69, 9.17) is 4.74 Å². The summed E-state index contributed by atoms with van der Waals surface area (Å²) < 4.78 is 5.19. The average molecular weight is 258 g/mol. The zero-order valence-electron chi connectivity index (χ0n) is 10.5. The maximum absolute atomic E-state index is 11.8. The van der Waals surface area contributed by atoms with E-state index in [1.54, 1.807) is 13.2 Å². The zero-order valence-corrected chi connectivity index (χ0v) is 10.5. The van der Waals surface area contributed by atoms with Crippen LogP contribution < -0.4 is 15.6 Å². The van der Waals surface area contributed by atoms with Gasteiger partial charge in [0.25, 0.3) is 5.91 Å². The number of aromatic nitrogens is 1. The molecule has 1 amide bonds. The van der Waals surface area contributed by atoms with Crippen LogP contribution in [0.4, 0.5) is 0 Å². The van der Waals surface area contributed by atoms with Gasteiger partial charge in [0.05, 0.1) is 7.11 Å². The van der Waals surface area contributed by atoms with E-state index in [9.17, 15) is 9.59 Å². The van der Waals surface area contributed by atoms with E-state index in [1.807, 2.05) is 24.3 Å². The summed E-state index contributed by atoms with van der Waals surface area (Å²) in [6.07, 6.45) is 0. The molecule has 0 bridgehead atoms. The van der Waals surface area contributed by atoms with Gasteiger partial charge in [0, 0.05) is 18.2 Å². The Balaban J connectivity index is 2.06. The van der Waals surface area contributed by atoms with E-state index < -0.39 is 0 Å². The van der Waals surface area contributed by atoms with Crippen molar-refractivity contribution in [1.29, 1.82) is 0 Å². The maximum Gasteiger partial charge on any atom is 0.268 e. The minimum Gasteiger partial charge on any atom is -0.496 e.